The molecule has 0 spiro atoms. The Morgan fingerprint density at radius 3 is 3.00 bits per heavy atom. The Balaban J connectivity index is 2.32. The molecule has 1 aliphatic heterocycles. The number of halogens is 1. The molecule has 1 radical (unpaired) electrons. The quantitative estimate of drug-likeness (QED) is 0.401. The lowest BCUT2D eigenvalue weighted by molar-refractivity contribution is 0.240. The van der Waals surface area contributed by atoms with E-state index < -0.39 is 0 Å². The first-order chi connectivity index (χ1) is 2.89. The summed E-state index contributed by atoms with van der Waals surface area (Å²) in [5.41, 5.74) is 0. The monoisotopic (exact) mass is 148 g/mol. The van der Waals surface area contributed by atoms with E-state index in [1.54, 1.807) is 0 Å². The van der Waals surface area contributed by atoms with Gasteiger partial charge in [-0.15, -0.1) is 0 Å². The van der Waals surface area contributed by atoms with Crippen molar-refractivity contribution in [1.82, 2.24) is 5.32 Å². The van der Waals surface area contributed by atoms with Gasteiger partial charge in [0.25, 0.3) is 0 Å². The third-order valence-electron chi connectivity index (χ3n) is 0.443. The Bertz CT molecular complexity index is 65.2. The summed E-state index contributed by atoms with van der Waals surface area (Å²) >= 11 is 3.11. The summed E-state index contributed by atoms with van der Waals surface area (Å²) in [5, 5.41) is 2.65. The van der Waals surface area contributed by atoms with E-state index >= 15 is 0 Å². The highest BCUT2D eigenvalue weighted by Gasteiger charge is 2.00. The highest BCUT2D eigenvalue weighted by Crippen LogP contribution is 2.01. The van der Waals surface area contributed by atoms with Crippen LogP contribution in [0.2, 0.25) is 0 Å². The van der Waals surface area contributed by atoms with Gasteiger partial charge in [0.2, 0.25) is 5.14 Å². The lowest BCUT2D eigenvalue weighted by Gasteiger charge is -1.96. The SMILES string of the molecule is BrC1N[C]=CO1. The molecule has 0 saturated heterocycles. The van der Waals surface area contributed by atoms with Crippen molar-refractivity contribution in [2.24, 2.45) is 0 Å². The van der Waals surface area contributed by atoms with E-state index in [1.165, 1.54) is 6.26 Å². The lowest BCUT2D eigenvalue weighted by Crippen LogP contribution is -2.11. The van der Waals surface area contributed by atoms with Crippen LogP contribution < -0.4 is 5.32 Å². The molecule has 0 aliphatic carbocycles. The third kappa shape index (κ3) is 0.653. The van der Waals surface area contributed by atoms with Gasteiger partial charge >= 0.3 is 0 Å². The normalized spacial score (nSPS) is 29.2. The van der Waals surface area contributed by atoms with Gasteiger partial charge in [-0.25, -0.2) is 0 Å². The molecule has 0 aromatic heterocycles. The van der Waals surface area contributed by atoms with Crippen LogP contribution in [0, 0.1) is 6.20 Å². The maximum atomic E-state index is 4.72. The number of hydrogen-bond donors (Lipinski definition) is 1. The molecule has 1 N–H and O–H groups in total. The minimum absolute atomic E-state index is 0.0579. The van der Waals surface area contributed by atoms with E-state index in [4.69, 9.17) is 4.74 Å². The van der Waals surface area contributed by atoms with Gasteiger partial charge in [0.05, 0.1) is 6.20 Å². The van der Waals surface area contributed by atoms with Crippen molar-refractivity contribution < 1.29 is 4.74 Å². The number of nitrogens with one attached hydrogen (secondary N) is 1. The summed E-state index contributed by atoms with van der Waals surface area (Å²) in [6.07, 6.45) is 4.10. The molecule has 33 valence electrons. The van der Waals surface area contributed by atoms with Crippen LogP contribution in [0.25, 0.3) is 0 Å². The minimum atomic E-state index is -0.0579. The predicted octanol–water partition coefficient (Wildman–Crippen LogP) is 0.559. The fraction of sp³-hybridized carbons (Fsp3) is 0.333. The van der Waals surface area contributed by atoms with Crippen molar-refractivity contribution in [2.75, 3.05) is 0 Å². The van der Waals surface area contributed by atoms with Gasteiger partial charge in [0.1, 0.15) is 6.26 Å². The maximum absolute atomic E-state index is 4.72. The zero-order valence-corrected chi connectivity index (χ0v) is 4.53. The first kappa shape index (κ1) is 3.99. The van der Waals surface area contributed by atoms with E-state index in [9.17, 15) is 0 Å². The molecular formula is C3H3BrNO. The topological polar surface area (TPSA) is 21.3 Å². The van der Waals surface area contributed by atoms with Crippen LogP contribution in [0.5, 0.6) is 0 Å². The van der Waals surface area contributed by atoms with Gasteiger partial charge in [0.15, 0.2) is 0 Å². The lowest BCUT2D eigenvalue weighted by atomic mass is 11.0. The van der Waals surface area contributed by atoms with Crippen LogP contribution in [-0.2, 0) is 4.74 Å². The van der Waals surface area contributed by atoms with E-state index in [-0.39, 0.29) is 5.14 Å². The second-order valence-electron chi connectivity index (χ2n) is 0.859. The number of alkyl halides is 1. The summed E-state index contributed by atoms with van der Waals surface area (Å²) in [6, 6.07) is 0. The average Bonchev–Trinajstić information content (AvgIpc) is 1.86. The van der Waals surface area contributed by atoms with Crippen molar-refractivity contribution in [1.29, 1.82) is 0 Å². The summed E-state index contributed by atoms with van der Waals surface area (Å²) < 4.78 is 4.72. The van der Waals surface area contributed by atoms with Crippen LogP contribution in [0.4, 0.5) is 0 Å². The van der Waals surface area contributed by atoms with E-state index in [2.05, 4.69) is 27.4 Å². The van der Waals surface area contributed by atoms with Crippen LogP contribution >= 0.6 is 15.9 Å². The second-order valence-corrected chi connectivity index (χ2v) is 1.69. The molecule has 1 aliphatic rings. The van der Waals surface area contributed by atoms with Gasteiger partial charge < -0.3 is 10.1 Å². The fourth-order valence-corrected chi connectivity index (χ4v) is 0.467. The molecule has 0 aromatic rings. The summed E-state index contributed by atoms with van der Waals surface area (Å²) in [7, 11) is 0. The molecule has 0 saturated carbocycles. The molecule has 1 rings (SSSR count). The van der Waals surface area contributed by atoms with Crippen molar-refractivity contribution in [3.05, 3.63) is 12.5 Å². The van der Waals surface area contributed by atoms with Crippen LogP contribution in [0.15, 0.2) is 6.26 Å². The zero-order valence-electron chi connectivity index (χ0n) is 2.94. The Hall–Kier alpha value is -0.180. The van der Waals surface area contributed by atoms with Gasteiger partial charge in [0, 0.05) is 0 Å². The largest absolute Gasteiger partial charge is 0.466 e. The number of ether oxygens (including phenoxy) is 1. The molecule has 0 aromatic carbocycles. The minimum Gasteiger partial charge on any atom is -0.466 e. The molecule has 6 heavy (non-hydrogen) atoms. The van der Waals surface area contributed by atoms with E-state index in [1.807, 2.05) is 0 Å². The predicted molar refractivity (Wildman–Crippen MR) is 24.7 cm³/mol. The smallest absolute Gasteiger partial charge is 0.226 e. The Kier molecular flexibility index (Phi) is 1.01. The number of rotatable bonds is 0. The third-order valence-corrected chi connectivity index (χ3v) is 0.888. The summed E-state index contributed by atoms with van der Waals surface area (Å²) in [6.45, 7) is 0. The van der Waals surface area contributed by atoms with Crippen molar-refractivity contribution in [3.63, 3.8) is 0 Å². The standard InChI is InChI=1S/C3H3BrNO/c4-3-5-1-2-6-3/h2-3,5H. The van der Waals surface area contributed by atoms with Gasteiger partial charge in [-0.1, -0.05) is 0 Å². The highest BCUT2D eigenvalue weighted by molar-refractivity contribution is 9.09. The Morgan fingerprint density at radius 1 is 2.00 bits per heavy atom. The Morgan fingerprint density at radius 2 is 2.83 bits per heavy atom. The zero-order chi connectivity index (χ0) is 4.41. The van der Waals surface area contributed by atoms with E-state index in [0.29, 0.717) is 0 Å². The summed E-state index contributed by atoms with van der Waals surface area (Å²) in [4.78, 5) is 0. The molecule has 1 unspecified atom stereocenters. The molecule has 0 fully saturated rings. The molecule has 0 bridgehead atoms. The maximum Gasteiger partial charge on any atom is 0.226 e. The van der Waals surface area contributed by atoms with Crippen LogP contribution in [0.3, 0.4) is 0 Å². The van der Waals surface area contributed by atoms with Crippen molar-refractivity contribution >= 4 is 15.9 Å². The molecule has 0 amide bonds. The van der Waals surface area contributed by atoms with Gasteiger partial charge in [-0.05, 0) is 15.9 Å². The molecular weight excluding hydrogens is 146 g/mol. The Labute approximate surface area is 44.3 Å². The fourth-order valence-electron chi connectivity index (χ4n) is 0.227. The molecule has 1 atom stereocenters. The van der Waals surface area contributed by atoms with Crippen molar-refractivity contribution in [3.8, 4) is 0 Å². The average molecular weight is 149 g/mol. The van der Waals surface area contributed by atoms with Gasteiger partial charge in [-0.3, -0.25) is 0 Å². The number of hydrogen-bond acceptors (Lipinski definition) is 2. The van der Waals surface area contributed by atoms with Gasteiger partial charge in [-0.2, -0.15) is 0 Å². The molecule has 1 heterocycles. The van der Waals surface area contributed by atoms with Crippen LogP contribution in [0.1, 0.15) is 0 Å². The van der Waals surface area contributed by atoms with Crippen LogP contribution in [-0.4, -0.2) is 5.14 Å². The van der Waals surface area contributed by atoms with E-state index in [0.717, 1.165) is 0 Å². The molecule has 3 heteroatoms. The first-order valence-corrected chi connectivity index (χ1v) is 2.43. The second kappa shape index (κ2) is 1.51. The van der Waals surface area contributed by atoms with Crippen molar-refractivity contribution in [2.45, 2.75) is 5.14 Å². The molecule has 2 nitrogen and oxygen atoms in total. The first-order valence-electron chi connectivity index (χ1n) is 1.52. The summed E-state index contributed by atoms with van der Waals surface area (Å²) in [5.74, 6) is 0. The highest BCUT2D eigenvalue weighted by atomic mass is 79.9.